The van der Waals surface area contributed by atoms with E-state index in [0.717, 1.165) is 44.1 Å². The minimum atomic E-state index is -3.58. The van der Waals surface area contributed by atoms with Crippen LogP contribution < -0.4 is 5.32 Å². The number of nitrogens with zero attached hydrogens (tertiary/aromatic N) is 1. The summed E-state index contributed by atoms with van der Waals surface area (Å²) in [6.45, 7) is 3.07. The van der Waals surface area contributed by atoms with Crippen LogP contribution in [0.15, 0.2) is 47.4 Å². The molecule has 166 valence electrons. The average molecular weight is 441 g/mol. The number of aryl methyl sites for hydroxylation is 2. The molecule has 1 heterocycles. The number of carbonyl (C=O) groups is 1. The van der Waals surface area contributed by atoms with Crippen LogP contribution in [-0.2, 0) is 22.9 Å². The Balaban J connectivity index is 1.49. The minimum Gasteiger partial charge on any atom is -0.346 e. The van der Waals surface area contributed by atoms with Gasteiger partial charge in [0.05, 0.1) is 10.9 Å². The second kappa shape index (κ2) is 9.53. The average Bonchev–Trinajstić information content (AvgIpc) is 3.09. The van der Waals surface area contributed by atoms with E-state index in [0.29, 0.717) is 18.7 Å². The van der Waals surface area contributed by atoms with Crippen LogP contribution in [0.4, 0.5) is 0 Å². The molecule has 0 saturated carbocycles. The summed E-state index contributed by atoms with van der Waals surface area (Å²) in [5.41, 5.74) is 4.26. The van der Waals surface area contributed by atoms with E-state index >= 15 is 0 Å². The minimum absolute atomic E-state index is 0.148. The Bertz CT molecular complexity index is 1040. The maximum atomic E-state index is 13.1. The van der Waals surface area contributed by atoms with Gasteiger partial charge in [-0.05, 0) is 80.3 Å². The van der Waals surface area contributed by atoms with Crippen molar-refractivity contribution in [2.75, 3.05) is 13.1 Å². The molecule has 2 aliphatic rings. The molecule has 1 fully saturated rings. The Morgan fingerprint density at radius 2 is 1.61 bits per heavy atom. The lowest BCUT2D eigenvalue weighted by Crippen LogP contribution is -2.32. The number of benzene rings is 2. The van der Waals surface area contributed by atoms with Crippen LogP contribution in [0, 0.1) is 0 Å². The first-order valence-corrected chi connectivity index (χ1v) is 12.9. The molecule has 31 heavy (non-hydrogen) atoms. The van der Waals surface area contributed by atoms with Crippen LogP contribution >= 0.6 is 0 Å². The maximum Gasteiger partial charge on any atom is 0.251 e. The number of amides is 1. The standard InChI is InChI=1S/C25H32N2O3S/c1-19(21-14-13-20-9-4-5-10-22(20)17-21)26-25(28)23-11-8-12-24(18-23)31(29,30)27-15-6-2-3-7-16-27/h8,11-14,17-19H,2-7,9-10,15-16H2,1H3,(H,26,28). The highest BCUT2D eigenvalue weighted by molar-refractivity contribution is 7.89. The van der Waals surface area contributed by atoms with E-state index in [1.165, 1.54) is 30.0 Å². The molecular weight excluding hydrogens is 408 g/mol. The van der Waals surface area contributed by atoms with E-state index in [2.05, 4.69) is 23.5 Å². The highest BCUT2D eigenvalue weighted by Crippen LogP contribution is 2.25. The molecule has 0 aromatic heterocycles. The van der Waals surface area contributed by atoms with Gasteiger partial charge in [0.2, 0.25) is 10.0 Å². The molecule has 1 aliphatic carbocycles. The van der Waals surface area contributed by atoms with E-state index in [1.807, 2.05) is 6.92 Å². The van der Waals surface area contributed by atoms with Crippen LogP contribution in [-0.4, -0.2) is 31.7 Å². The van der Waals surface area contributed by atoms with Gasteiger partial charge in [0.1, 0.15) is 0 Å². The molecule has 0 spiro atoms. The van der Waals surface area contributed by atoms with Crippen molar-refractivity contribution in [3.8, 4) is 0 Å². The van der Waals surface area contributed by atoms with Gasteiger partial charge in [-0.1, -0.05) is 37.1 Å². The number of fused-ring (bicyclic) bond motifs is 1. The third-order valence-corrected chi connectivity index (χ3v) is 8.41. The lowest BCUT2D eigenvalue weighted by Gasteiger charge is -2.21. The fourth-order valence-electron chi connectivity index (χ4n) is 4.61. The highest BCUT2D eigenvalue weighted by Gasteiger charge is 2.26. The summed E-state index contributed by atoms with van der Waals surface area (Å²) in [4.78, 5) is 13.1. The molecule has 1 saturated heterocycles. The van der Waals surface area contributed by atoms with E-state index in [4.69, 9.17) is 0 Å². The Morgan fingerprint density at radius 1 is 0.903 bits per heavy atom. The Labute approximate surface area is 185 Å². The van der Waals surface area contributed by atoms with Gasteiger partial charge < -0.3 is 5.32 Å². The quantitative estimate of drug-likeness (QED) is 0.738. The molecule has 1 atom stereocenters. The van der Waals surface area contributed by atoms with Gasteiger partial charge in [-0.3, -0.25) is 4.79 Å². The molecule has 2 aromatic rings. The van der Waals surface area contributed by atoms with Crippen LogP contribution in [0.1, 0.15) is 78.5 Å². The fraction of sp³-hybridized carbons (Fsp3) is 0.480. The molecular formula is C25H32N2O3S. The first-order chi connectivity index (χ1) is 14.9. The van der Waals surface area contributed by atoms with Gasteiger partial charge in [-0.15, -0.1) is 0 Å². The number of hydrogen-bond acceptors (Lipinski definition) is 3. The molecule has 0 bridgehead atoms. The molecule has 1 amide bonds. The van der Waals surface area contributed by atoms with Crippen molar-refractivity contribution in [3.05, 3.63) is 64.7 Å². The largest absolute Gasteiger partial charge is 0.346 e. The Morgan fingerprint density at radius 3 is 2.35 bits per heavy atom. The van der Waals surface area contributed by atoms with Crippen molar-refractivity contribution in [1.29, 1.82) is 0 Å². The molecule has 2 aromatic carbocycles. The van der Waals surface area contributed by atoms with Gasteiger partial charge in [0.25, 0.3) is 5.91 Å². The van der Waals surface area contributed by atoms with Crippen molar-refractivity contribution >= 4 is 15.9 Å². The third-order valence-electron chi connectivity index (χ3n) is 6.52. The summed E-state index contributed by atoms with van der Waals surface area (Å²) >= 11 is 0. The molecule has 4 rings (SSSR count). The summed E-state index contributed by atoms with van der Waals surface area (Å²) in [7, 11) is -3.58. The topological polar surface area (TPSA) is 66.5 Å². The Hall–Kier alpha value is -2.18. The van der Waals surface area contributed by atoms with E-state index in [-0.39, 0.29) is 16.8 Å². The van der Waals surface area contributed by atoms with Crippen molar-refractivity contribution < 1.29 is 13.2 Å². The second-order valence-corrected chi connectivity index (χ2v) is 10.7. The van der Waals surface area contributed by atoms with Crippen LogP contribution in [0.25, 0.3) is 0 Å². The third kappa shape index (κ3) is 5.01. The van der Waals surface area contributed by atoms with Gasteiger partial charge in [0.15, 0.2) is 0 Å². The number of carbonyl (C=O) groups excluding carboxylic acids is 1. The summed E-state index contributed by atoms with van der Waals surface area (Å²) in [6, 6.07) is 12.8. The van der Waals surface area contributed by atoms with Crippen molar-refractivity contribution in [2.45, 2.75) is 69.2 Å². The lowest BCUT2D eigenvalue weighted by molar-refractivity contribution is 0.0939. The summed E-state index contributed by atoms with van der Waals surface area (Å²) in [5.74, 6) is -0.252. The second-order valence-electron chi connectivity index (χ2n) is 8.78. The maximum absolute atomic E-state index is 13.1. The molecule has 1 N–H and O–H groups in total. The summed E-state index contributed by atoms with van der Waals surface area (Å²) in [6.07, 6.45) is 8.60. The highest BCUT2D eigenvalue weighted by atomic mass is 32.2. The number of rotatable bonds is 5. The molecule has 5 nitrogen and oxygen atoms in total. The lowest BCUT2D eigenvalue weighted by atomic mass is 9.89. The van der Waals surface area contributed by atoms with Crippen LogP contribution in [0.2, 0.25) is 0 Å². The van der Waals surface area contributed by atoms with E-state index in [1.54, 1.807) is 22.5 Å². The first kappa shape index (κ1) is 22.0. The predicted molar refractivity (Wildman–Crippen MR) is 123 cm³/mol. The molecule has 0 radical (unpaired) electrons. The van der Waals surface area contributed by atoms with Gasteiger partial charge in [-0.25, -0.2) is 8.42 Å². The van der Waals surface area contributed by atoms with Crippen molar-refractivity contribution in [2.24, 2.45) is 0 Å². The van der Waals surface area contributed by atoms with E-state index in [9.17, 15) is 13.2 Å². The predicted octanol–water partition coefficient (Wildman–Crippen LogP) is 4.62. The molecule has 1 unspecified atom stereocenters. The smallest absolute Gasteiger partial charge is 0.251 e. The molecule has 1 aliphatic heterocycles. The summed E-state index contributed by atoms with van der Waals surface area (Å²) in [5, 5.41) is 3.04. The number of hydrogen-bond donors (Lipinski definition) is 1. The van der Waals surface area contributed by atoms with Gasteiger partial charge in [-0.2, -0.15) is 4.31 Å². The first-order valence-electron chi connectivity index (χ1n) is 11.5. The number of nitrogens with one attached hydrogen (secondary N) is 1. The van der Waals surface area contributed by atoms with Crippen LogP contribution in [0.5, 0.6) is 0 Å². The van der Waals surface area contributed by atoms with Crippen molar-refractivity contribution in [1.82, 2.24) is 9.62 Å². The number of sulfonamides is 1. The monoisotopic (exact) mass is 440 g/mol. The zero-order chi connectivity index (χ0) is 21.8. The van der Waals surface area contributed by atoms with Gasteiger partial charge in [0, 0.05) is 18.7 Å². The summed E-state index contributed by atoms with van der Waals surface area (Å²) < 4.78 is 27.7. The Kier molecular flexibility index (Phi) is 6.77. The van der Waals surface area contributed by atoms with Gasteiger partial charge >= 0.3 is 0 Å². The van der Waals surface area contributed by atoms with Crippen molar-refractivity contribution in [3.63, 3.8) is 0 Å². The normalized spacial score (nSPS) is 18.6. The fourth-order valence-corrected chi connectivity index (χ4v) is 6.18. The van der Waals surface area contributed by atoms with E-state index < -0.39 is 10.0 Å². The molecule has 6 heteroatoms. The van der Waals surface area contributed by atoms with Crippen LogP contribution in [0.3, 0.4) is 0 Å². The zero-order valence-electron chi connectivity index (χ0n) is 18.3. The SMILES string of the molecule is CC(NC(=O)c1cccc(S(=O)(=O)N2CCCCCC2)c1)c1ccc2c(c1)CCCC2. The zero-order valence-corrected chi connectivity index (χ0v) is 19.1.